The molecule has 0 spiro atoms. The van der Waals surface area contributed by atoms with Crippen molar-refractivity contribution in [1.29, 1.82) is 0 Å². The molecule has 0 unspecified atom stereocenters. The number of nitrogens with zero attached hydrogens (tertiary/aromatic N) is 2. The minimum atomic E-state index is 0.590. The van der Waals surface area contributed by atoms with E-state index in [-0.39, 0.29) is 0 Å². The highest BCUT2D eigenvalue weighted by atomic mass is 15.3. The minimum absolute atomic E-state index is 0.590. The number of aromatic nitrogens is 2. The molecule has 0 amide bonds. The maximum absolute atomic E-state index is 5.61. The van der Waals surface area contributed by atoms with Crippen LogP contribution in [0.15, 0.2) is 12.8 Å². The van der Waals surface area contributed by atoms with E-state index in [1.807, 2.05) is 17.8 Å². The van der Waals surface area contributed by atoms with Crippen LogP contribution in [-0.2, 0) is 6.54 Å². The SMILES string of the molecule is C=C(N)c1cn(CC(C)C)nc1C. The molecule has 1 aromatic rings. The van der Waals surface area contributed by atoms with Crippen molar-refractivity contribution in [3.63, 3.8) is 0 Å². The highest BCUT2D eigenvalue weighted by Crippen LogP contribution is 2.12. The van der Waals surface area contributed by atoms with Gasteiger partial charge in [-0.15, -0.1) is 0 Å². The summed E-state index contributed by atoms with van der Waals surface area (Å²) in [6.45, 7) is 10.9. The molecule has 1 rings (SSSR count). The molecule has 0 saturated heterocycles. The van der Waals surface area contributed by atoms with E-state index in [2.05, 4.69) is 25.5 Å². The fourth-order valence-electron chi connectivity index (χ4n) is 1.30. The normalized spacial score (nSPS) is 10.8. The van der Waals surface area contributed by atoms with Gasteiger partial charge in [0.05, 0.1) is 5.69 Å². The monoisotopic (exact) mass is 179 g/mol. The minimum Gasteiger partial charge on any atom is -0.399 e. The van der Waals surface area contributed by atoms with Gasteiger partial charge in [0, 0.05) is 24.0 Å². The maximum Gasteiger partial charge on any atom is 0.0686 e. The van der Waals surface area contributed by atoms with Crippen LogP contribution < -0.4 is 5.73 Å². The molecule has 2 N–H and O–H groups in total. The second kappa shape index (κ2) is 3.64. The molecule has 3 heteroatoms. The second-order valence-corrected chi connectivity index (χ2v) is 3.77. The van der Waals surface area contributed by atoms with Gasteiger partial charge in [-0.25, -0.2) is 0 Å². The van der Waals surface area contributed by atoms with Crippen molar-refractivity contribution in [2.45, 2.75) is 27.3 Å². The molecule has 1 aromatic heterocycles. The van der Waals surface area contributed by atoms with E-state index in [0.29, 0.717) is 11.6 Å². The highest BCUT2D eigenvalue weighted by molar-refractivity contribution is 5.61. The Hall–Kier alpha value is -1.25. The lowest BCUT2D eigenvalue weighted by atomic mass is 10.2. The Morgan fingerprint density at radius 1 is 1.69 bits per heavy atom. The van der Waals surface area contributed by atoms with Crippen LogP contribution in [0, 0.1) is 12.8 Å². The first-order valence-electron chi connectivity index (χ1n) is 4.49. The van der Waals surface area contributed by atoms with Gasteiger partial charge in [0.25, 0.3) is 0 Å². The van der Waals surface area contributed by atoms with E-state index >= 15 is 0 Å². The second-order valence-electron chi connectivity index (χ2n) is 3.77. The topological polar surface area (TPSA) is 43.8 Å². The first kappa shape index (κ1) is 9.84. The zero-order valence-electron chi connectivity index (χ0n) is 8.54. The molecule has 0 aromatic carbocycles. The number of nitrogens with two attached hydrogens (primary N) is 1. The quantitative estimate of drug-likeness (QED) is 0.768. The van der Waals surface area contributed by atoms with Gasteiger partial charge in [-0.2, -0.15) is 5.10 Å². The molecular weight excluding hydrogens is 162 g/mol. The Bertz CT molecular complexity index is 310. The van der Waals surface area contributed by atoms with Gasteiger partial charge in [0.15, 0.2) is 0 Å². The average molecular weight is 179 g/mol. The molecule has 0 radical (unpaired) electrons. The first-order valence-corrected chi connectivity index (χ1v) is 4.49. The third-order valence-corrected chi connectivity index (χ3v) is 1.84. The highest BCUT2D eigenvalue weighted by Gasteiger charge is 2.06. The summed E-state index contributed by atoms with van der Waals surface area (Å²) in [5.41, 5.74) is 8.11. The molecule has 0 aliphatic rings. The van der Waals surface area contributed by atoms with Gasteiger partial charge < -0.3 is 5.73 Å². The summed E-state index contributed by atoms with van der Waals surface area (Å²) in [5.74, 6) is 0.596. The van der Waals surface area contributed by atoms with Crippen molar-refractivity contribution >= 4 is 5.70 Å². The van der Waals surface area contributed by atoms with E-state index in [1.54, 1.807) is 0 Å². The predicted octanol–water partition coefficient (Wildman–Crippen LogP) is 1.78. The molecule has 1 heterocycles. The first-order chi connectivity index (χ1) is 6.00. The fraction of sp³-hybridized carbons (Fsp3) is 0.500. The molecule has 0 saturated carbocycles. The van der Waals surface area contributed by atoms with Gasteiger partial charge in [0.2, 0.25) is 0 Å². The van der Waals surface area contributed by atoms with Crippen LogP contribution in [0.5, 0.6) is 0 Å². The zero-order valence-corrected chi connectivity index (χ0v) is 8.54. The third-order valence-electron chi connectivity index (χ3n) is 1.84. The smallest absolute Gasteiger partial charge is 0.0686 e. The van der Waals surface area contributed by atoms with Crippen LogP contribution in [0.25, 0.3) is 5.70 Å². The molecule has 0 atom stereocenters. The Labute approximate surface area is 79.2 Å². The van der Waals surface area contributed by atoms with Crippen molar-refractivity contribution in [3.8, 4) is 0 Å². The van der Waals surface area contributed by atoms with E-state index in [9.17, 15) is 0 Å². The van der Waals surface area contributed by atoms with Gasteiger partial charge in [0.1, 0.15) is 0 Å². The molecule has 0 aliphatic heterocycles. The molecule has 3 nitrogen and oxygen atoms in total. The Morgan fingerprint density at radius 2 is 2.31 bits per heavy atom. The number of aryl methyl sites for hydroxylation is 1. The molecule has 72 valence electrons. The van der Waals surface area contributed by atoms with E-state index in [0.717, 1.165) is 17.8 Å². The molecular formula is C10H17N3. The summed E-state index contributed by atoms with van der Waals surface area (Å²) in [6, 6.07) is 0. The maximum atomic E-state index is 5.61. The molecule has 0 fully saturated rings. The van der Waals surface area contributed by atoms with Crippen molar-refractivity contribution in [3.05, 3.63) is 24.0 Å². The Balaban J connectivity index is 2.89. The lowest BCUT2D eigenvalue weighted by molar-refractivity contribution is 0.481. The Morgan fingerprint density at radius 3 is 2.69 bits per heavy atom. The summed E-state index contributed by atoms with van der Waals surface area (Å²) in [6.07, 6.45) is 1.96. The largest absolute Gasteiger partial charge is 0.399 e. The predicted molar refractivity (Wildman–Crippen MR) is 55.0 cm³/mol. The molecule has 0 aliphatic carbocycles. The van der Waals surface area contributed by atoms with Crippen molar-refractivity contribution in [2.75, 3.05) is 0 Å². The lowest BCUT2D eigenvalue weighted by Crippen LogP contribution is -2.04. The van der Waals surface area contributed by atoms with Crippen LogP contribution in [0.3, 0.4) is 0 Å². The molecule has 13 heavy (non-hydrogen) atoms. The van der Waals surface area contributed by atoms with Crippen molar-refractivity contribution < 1.29 is 0 Å². The van der Waals surface area contributed by atoms with E-state index in [4.69, 9.17) is 5.73 Å². The number of hydrogen-bond donors (Lipinski definition) is 1. The van der Waals surface area contributed by atoms with Gasteiger partial charge in [-0.3, -0.25) is 4.68 Å². The van der Waals surface area contributed by atoms with Crippen LogP contribution >= 0.6 is 0 Å². The zero-order chi connectivity index (χ0) is 10.0. The molecule has 0 bridgehead atoms. The number of hydrogen-bond acceptors (Lipinski definition) is 2. The van der Waals surface area contributed by atoms with Gasteiger partial charge >= 0.3 is 0 Å². The van der Waals surface area contributed by atoms with Crippen LogP contribution in [0.1, 0.15) is 25.1 Å². The average Bonchev–Trinajstić information content (AvgIpc) is 2.29. The van der Waals surface area contributed by atoms with Gasteiger partial charge in [-0.05, 0) is 12.8 Å². The van der Waals surface area contributed by atoms with Crippen molar-refractivity contribution in [2.24, 2.45) is 11.7 Å². The number of rotatable bonds is 3. The lowest BCUT2D eigenvalue weighted by Gasteiger charge is -2.03. The standard InChI is InChI=1S/C10H17N3/c1-7(2)5-13-6-10(8(3)11)9(4)12-13/h6-7H,3,5,11H2,1-2,4H3. The summed E-state index contributed by atoms with van der Waals surface area (Å²) in [5, 5.41) is 4.35. The van der Waals surface area contributed by atoms with Crippen LogP contribution in [0.2, 0.25) is 0 Å². The van der Waals surface area contributed by atoms with E-state index < -0.39 is 0 Å². The third kappa shape index (κ3) is 2.34. The summed E-state index contributed by atoms with van der Waals surface area (Å²) < 4.78 is 1.92. The summed E-state index contributed by atoms with van der Waals surface area (Å²) in [4.78, 5) is 0. The fourth-order valence-corrected chi connectivity index (χ4v) is 1.30. The van der Waals surface area contributed by atoms with Crippen molar-refractivity contribution in [1.82, 2.24) is 9.78 Å². The summed E-state index contributed by atoms with van der Waals surface area (Å²) >= 11 is 0. The van der Waals surface area contributed by atoms with Gasteiger partial charge in [-0.1, -0.05) is 20.4 Å². The van der Waals surface area contributed by atoms with E-state index in [1.165, 1.54) is 0 Å². The Kier molecular flexibility index (Phi) is 2.76. The van der Waals surface area contributed by atoms with Crippen LogP contribution in [-0.4, -0.2) is 9.78 Å². The van der Waals surface area contributed by atoms with Crippen LogP contribution in [0.4, 0.5) is 0 Å². The summed E-state index contributed by atoms with van der Waals surface area (Å²) in [7, 11) is 0.